The van der Waals surface area contributed by atoms with Crippen LogP contribution >= 0.6 is 0 Å². The number of methoxy groups -OCH3 is 1. The summed E-state index contributed by atoms with van der Waals surface area (Å²) < 4.78 is 44.6. The number of pyridine rings is 1. The SMILES string of the molecule is COc1ncccc1CNC(c1ccccc1)C(F)(F)F. The van der Waals surface area contributed by atoms with Crippen LogP contribution < -0.4 is 10.1 Å². The van der Waals surface area contributed by atoms with Gasteiger partial charge in [-0.05, 0) is 11.6 Å². The number of halogens is 3. The van der Waals surface area contributed by atoms with Gasteiger partial charge in [-0.25, -0.2) is 4.98 Å². The molecule has 2 rings (SSSR count). The first-order chi connectivity index (χ1) is 10.0. The number of hydrogen-bond donors (Lipinski definition) is 1. The first-order valence-corrected chi connectivity index (χ1v) is 6.35. The van der Waals surface area contributed by atoms with Gasteiger partial charge in [0.2, 0.25) is 5.88 Å². The molecule has 1 N–H and O–H groups in total. The molecule has 6 heteroatoms. The maximum Gasteiger partial charge on any atom is 0.407 e. The molecule has 0 aliphatic rings. The lowest BCUT2D eigenvalue weighted by molar-refractivity contribution is -0.158. The third-order valence-electron chi connectivity index (χ3n) is 3.00. The van der Waals surface area contributed by atoms with E-state index < -0.39 is 12.2 Å². The van der Waals surface area contributed by atoms with Gasteiger partial charge in [-0.15, -0.1) is 0 Å². The second-order valence-corrected chi connectivity index (χ2v) is 4.44. The highest BCUT2D eigenvalue weighted by molar-refractivity contribution is 5.26. The van der Waals surface area contributed by atoms with E-state index in [-0.39, 0.29) is 12.1 Å². The lowest BCUT2D eigenvalue weighted by Gasteiger charge is -2.22. The second-order valence-electron chi connectivity index (χ2n) is 4.44. The number of aromatic nitrogens is 1. The Morgan fingerprint density at radius 1 is 1.14 bits per heavy atom. The van der Waals surface area contributed by atoms with Crippen molar-refractivity contribution >= 4 is 0 Å². The zero-order chi connectivity index (χ0) is 15.3. The Bertz CT molecular complexity index is 573. The van der Waals surface area contributed by atoms with Crippen LogP contribution in [0.2, 0.25) is 0 Å². The summed E-state index contributed by atoms with van der Waals surface area (Å²) in [6, 6.07) is 9.35. The van der Waals surface area contributed by atoms with Crippen LogP contribution in [-0.4, -0.2) is 18.3 Å². The van der Waals surface area contributed by atoms with E-state index in [0.717, 1.165) is 0 Å². The Hall–Kier alpha value is -2.08. The normalized spacial score (nSPS) is 13.0. The molecular formula is C15H15F3N2O. The average Bonchev–Trinajstić information content (AvgIpc) is 2.47. The molecule has 1 aromatic heterocycles. The predicted molar refractivity (Wildman–Crippen MR) is 72.9 cm³/mol. The number of nitrogens with zero attached hydrogens (tertiary/aromatic N) is 1. The summed E-state index contributed by atoms with van der Waals surface area (Å²) in [5.74, 6) is 0.319. The van der Waals surface area contributed by atoms with Gasteiger partial charge >= 0.3 is 6.18 Å². The van der Waals surface area contributed by atoms with E-state index in [9.17, 15) is 13.2 Å². The van der Waals surface area contributed by atoms with Crippen LogP contribution in [0.3, 0.4) is 0 Å². The fourth-order valence-corrected chi connectivity index (χ4v) is 2.02. The van der Waals surface area contributed by atoms with Crippen molar-refractivity contribution in [3.05, 3.63) is 59.8 Å². The molecule has 21 heavy (non-hydrogen) atoms. The lowest BCUT2D eigenvalue weighted by Crippen LogP contribution is -2.33. The highest BCUT2D eigenvalue weighted by atomic mass is 19.4. The van der Waals surface area contributed by atoms with Crippen molar-refractivity contribution in [3.8, 4) is 5.88 Å². The van der Waals surface area contributed by atoms with Gasteiger partial charge in [0.25, 0.3) is 0 Å². The third-order valence-corrected chi connectivity index (χ3v) is 3.00. The Kier molecular flexibility index (Phi) is 4.80. The second kappa shape index (κ2) is 6.58. The fourth-order valence-electron chi connectivity index (χ4n) is 2.02. The standard InChI is InChI=1S/C15H15F3N2O/c1-21-14-12(8-5-9-19-14)10-20-13(15(16,17)18)11-6-3-2-4-7-11/h2-9,13,20H,10H2,1H3. The van der Waals surface area contributed by atoms with E-state index in [4.69, 9.17) is 4.74 Å². The molecule has 0 aliphatic carbocycles. The van der Waals surface area contributed by atoms with E-state index in [0.29, 0.717) is 11.4 Å². The zero-order valence-electron chi connectivity index (χ0n) is 11.4. The van der Waals surface area contributed by atoms with Crippen molar-refractivity contribution in [3.63, 3.8) is 0 Å². The molecule has 112 valence electrons. The summed E-state index contributed by atoms with van der Waals surface area (Å²) in [7, 11) is 1.43. The predicted octanol–water partition coefficient (Wildman–Crippen LogP) is 3.48. The fraction of sp³-hybridized carbons (Fsp3) is 0.267. The molecule has 1 unspecified atom stereocenters. The topological polar surface area (TPSA) is 34.1 Å². The molecule has 0 amide bonds. The molecule has 0 saturated carbocycles. The van der Waals surface area contributed by atoms with Gasteiger partial charge in [0.15, 0.2) is 0 Å². The average molecular weight is 296 g/mol. The molecular weight excluding hydrogens is 281 g/mol. The van der Waals surface area contributed by atoms with Crippen LogP contribution in [0.15, 0.2) is 48.7 Å². The number of alkyl halides is 3. The van der Waals surface area contributed by atoms with Crippen LogP contribution in [0.5, 0.6) is 5.88 Å². The number of rotatable bonds is 5. The van der Waals surface area contributed by atoms with Crippen molar-refractivity contribution in [1.82, 2.24) is 10.3 Å². The summed E-state index contributed by atoms with van der Waals surface area (Å²) in [6.07, 6.45) is -2.85. The first kappa shape index (κ1) is 15.3. The van der Waals surface area contributed by atoms with E-state index in [1.807, 2.05) is 0 Å². The molecule has 1 aromatic carbocycles. The largest absolute Gasteiger partial charge is 0.481 e. The van der Waals surface area contributed by atoms with Gasteiger partial charge in [-0.1, -0.05) is 36.4 Å². The molecule has 1 atom stereocenters. The van der Waals surface area contributed by atoms with Gasteiger partial charge in [-0.3, -0.25) is 5.32 Å². The smallest absolute Gasteiger partial charge is 0.407 e. The maximum absolute atomic E-state index is 13.2. The minimum absolute atomic E-state index is 0.0100. The zero-order valence-corrected chi connectivity index (χ0v) is 11.4. The molecule has 0 spiro atoms. The van der Waals surface area contributed by atoms with Gasteiger partial charge in [-0.2, -0.15) is 13.2 Å². The first-order valence-electron chi connectivity index (χ1n) is 6.35. The number of benzene rings is 1. The van der Waals surface area contributed by atoms with Gasteiger partial charge in [0.1, 0.15) is 6.04 Å². The summed E-state index contributed by atoms with van der Waals surface area (Å²) >= 11 is 0. The number of nitrogens with one attached hydrogen (secondary N) is 1. The Morgan fingerprint density at radius 3 is 2.48 bits per heavy atom. The molecule has 0 fully saturated rings. The van der Waals surface area contributed by atoms with Crippen molar-refractivity contribution in [2.45, 2.75) is 18.8 Å². The van der Waals surface area contributed by atoms with Gasteiger partial charge in [0.05, 0.1) is 7.11 Å². The highest BCUT2D eigenvalue weighted by Gasteiger charge is 2.40. The molecule has 0 saturated heterocycles. The Labute approximate surface area is 120 Å². The molecule has 0 radical (unpaired) electrons. The maximum atomic E-state index is 13.2. The van der Waals surface area contributed by atoms with Crippen molar-refractivity contribution in [2.75, 3.05) is 7.11 Å². The van der Waals surface area contributed by atoms with E-state index in [1.165, 1.54) is 25.4 Å². The quantitative estimate of drug-likeness (QED) is 0.917. The van der Waals surface area contributed by atoms with Crippen LogP contribution in [-0.2, 0) is 6.54 Å². The third kappa shape index (κ3) is 3.95. The van der Waals surface area contributed by atoms with Crippen molar-refractivity contribution in [1.29, 1.82) is 0 Å². The highest BCUT2D eigenvalue weighted by Crippen LogP contribution is 2.33. The Balaban J connectivity index is 2.17. The minimum Gasteiger partial charge on any atom is -0.481 e. The van der Waals surface area contributed by atoms with E-state index >= 15 is 0 Å². The molecule has 3 nitrogen and oxygen atoms in total. The van der Waals surface area contributed by atoms with Crippen molar-refractivity contribution in [2.24, 2.45) is 0 Å². The summed E-state index contributed by atoms with van der Waals surface area (Å²) in [5, 5.41) is 2.52. The molecule has 2 aromatic rings. The molecule has 0 bridgehead atoms. The van der Waals surface area contributed by atoms with Crippen LogP contribution in [0.25, 0.3) is 0 Å². The summed E-state index contributed by atoms with van der Waals surface area (Å²) in [5.41, 5.74) is 0.748. The van der Waals surface area contributed by atoms with Crippen molar-refractivity contribution < 1.29 is 17.9 Å². The van der Waals surface area contributed by atoms with E-state index in [1.54, 1.807) is 30.3 Å². The lowest BCUT2D eigenvalue weighted by atomic mass is 10.1. The Morgan fingerprint density at radius 2 is 1.86 bits per heavy atom. The van der Waals surface area contributed by atoms with Crippen LogP contribution in [0, 0.1) is 0 Å². The number of hydrogen-bond acceptors (Lipinski definition) is 3. The summed E-state index contributed by atoms with van der Waals surface area (Å²) in [4.78, 5) is 3.97. The summed E-state index contributed by atoms with van der Waals surface area (Å²) in [6.45, 7) is 0.0100. The van der Waals surface area contributed by atoms with Gasteiger partial charge in [0, 0.05) is 18.3 Å². The van der Waals surface area contributed by atoms with E-state index in [2.05, 4.69) is 10.3 Å². The van der Waals surface area contributed by atoms with Gasteiger partial charge < -0.3 is 4.74 Å². The molecule has 1 heterocycles. The van der Waals surface area contributed by atoms with Crippen LogP contribution in [0.1, 0.15) is 17.2 Å². The molecule has 0 aliphatic heterocycles. The van der Waals surface area contributed by atoms with Crippen LogP contribution in [0.4, 0.5) is 13.2 Å². The minimum atomic E-state index is -4.38. The monoisotopic (exact) mass is 296 g/mol. The number of ether oxygens (including phenoxy) is 1.